The van der Waals surface area contributed by atoms with Crippen LogP contribution in [0.5, 0.6) is 0 Å². The number of nitrogens with one attached hydrogen (secondary N) is 2. The molecule has 0 saturated heterocycles. The van der Waals surface area contributed by atoms with Crippen LogP contribution in [0, 0.1) is 0 Å². The first-order valence-corrected chi connectivity index (χ1v) is 9.31. The fourth-order valence-electron chi connectivity index (χ4n) is 2.12. The highest BCUT2D eigenvalue weighted by Gasteiger charge is 2.32. The molecule has 0 heterocycles. The fourth-order valence-corrected chi connectivity index (χ4v) is 3.40. The number of hydrogen-bond acceptors (Lipinski definition) is 4. The highest BCUT2D eigenvalue weighted by atomic mass is 35.5. The molecule has 4 nitrogen and oxygen atoms in total. The van der Waals surface area contributed by atoms with Gasteiger partial charge in [-0.3, -0.25) is 15.6 Å². The van der Waals surface area contributed by atoms with E-state index in [0.717, 1.165) is 4.90 Å². The molecule has 0 saturated carbocycles. The van der Waals surface area contributed by atoms with Crippen LogP contribution in [0.15, 0.2) is 35.2 Å². The molecule has 0 unspecified atom stereocenters. The van der Waals surface area contributed by atoms with E-state index in [9.17, 15) is 18.0 Å². The third-order valence-electron chi connectivity index (χ3n) is 3.32. The summed E-state index contributed by atoms with van der Waals surface area (Å²) in [5.74, 6) is -0.860. The van der Waals surface area contributed by atoms with Gasteiger partial charge in [0.05, 0.1) is 27.5 Å². The highest BCUT2D eigenvalue weighted by Crippen LogP contribution is 2.35. The standard InChI is InChI=1S/C17H16Cl2F3N3OS/c1-8(2)27-14-4-3-10(18)7-13(14)24-25-16(26)11-5-9(17(20,21)22)6-12(19)15(11)23/h3-8,24H,23H2,1-2H3,(H,25,26). The fraction of sp³-hybridized carbons (Fsp3) is 0.235. The number of amides is 1. The van der Waals surface area contributed by atoms with Gasteiger partial charge in [-0.2, -0.15) is 13.2 Å². The number of carbonyl (C=O) groups is 1. The Bertz CT molecular complexity index is 860. The third kappa shape index (κ3) is 5.60. The lowest BCUT2D eigenvalue weighted by Gasteiger charge is -2.16. The van der Waals surface area contributed by atoms with Crippen molar-refractivity contribution in [2.75, 3.05) is 11.2 Å². The Kier molecular flexibility index (Phi) is 6.77. The largest absolute Gasteiger partial charge is 0.416 e. The average Bonchev–Trinajstić information content (AvgIpc) is 2.55. The number of benzene rings is 2. The van der Waals surface area contributed by atoms with Gasteiger partial charge in [-0.1, -0.05) is 37.0 Å². The Hall–Kier alpha value is -1.77. The number of hydrazine groups is 1. The van der Waals surface area contributed by atoms with E-state index in [2.05, 4.69) is 10.9 Å². The number of carbonyl (C=O) groups excluding carboxylic acids is 1. The van der Waals surface area contributed by atoms with Gasteiger partial charge in [0.15, 0.2) is 0 Å². The maximum Gasteiger partial charge on any atom is 0.416 e. The summed E-state index contributed by atoms with van der Waals surface area (Å²) in [5, 5.41) is 0.343. The predicted molar refractivity (Wildman–Crippen MR) is 104 cm³/mol. The maximum absolute atomic E-state index is 12.9. The van der Waals surface area contributed by atoms with Gasteiger partial charge < -0.3 is 5.73 Å². The molecule has 0 fully saturated rings. The van der Waals surface area contributed by atoms with Crippen LogP contribution in [0.4, 0.5) is 24.5 Å². The second-order valence-electron chi connectivity index (χ2n) is 5.80. The molecular weight excluding hydrogens is 422 g/mol. The minimum Gasteiger partial charge on any atom is -0.397 e. The molecule has 0 radical (unpaired) electrons. The van der Waals surface area contributed by atoms with Gasteiger partial charge in [-0.15, -0.1) is 11.8 Å². The van der Waals surface area contributed by atoms with E-state index in [1.807, 2.05) is 13.8 Å². The van der Waals surface area contributed by atoms with E-state index >= 15 is 0 Å². The molecule has 2 aromatic rings. The van der Waals surface area contributed by atoms with Crippen LogP contribution in [0.2, 0.25) is 10.0 Å². The number of hydrogen-bond donors (Lipinski definition) is 3. The molecule has 4 N–H and O–H groups in total. The van der Waals surface area contributed by atoms with Gasteiger partial charge in [0, 0.05) is 15.2 Å². The first-order valence-electron chi connectivity index (χ1n) is 7.67. The summed E-state index contributed by atoms with van der Waals surface area (Å²) in [6, 6.07) is 6.39. The van der Waals surface area contributed by atoms with Crippen molar-refractivity contribution in [2.24, 2.45) is 0 Å². The molecule has 0 aliphatic rings. The van der Waals surface area contributed by atoms with Crippen molar-refractivity contribution in [3.05, 3.63) is 51.5 Å². The molecule has 2 rings (SSSR count). The van der Waals surface area contributed by atoms with Crippen LogP contribution in [-0.2, 0) is 6.18 Å². The van der Waals surface area contributed by atoms with E-state index in [1.165, 1.54) is 11.8 Å². The summed E-state index contributed by atoms with van der Waals surface area (Å²) >= 11 is 13.2. The van der Waals surface area contributed by atoms with Crippen LogP contribution in [0.25, 0.3) is 0 Å². The Morgan fingerprint density at radius 1 is 1.19 bits per heavy atom. The summed E-state index contributed by atoms with van der Waals surface area (Å²) in [5.41, 5.74) is 9.50. The average molecular weight is 438 g/mol. The number of nitrogen functional groups attached to an aromatic ring is 1. The van der Waals surface area contributed by atoms with Gasteiger partial charge >= 0.3 is 6.18 Å². The second-order valence-corrected chi connectivity index (χ2v) is 8.27. The number of alkyl halides is 3. The Labute approximate surface area is 168 Å². The van der Waals surface area contributed by atoms with Crippen molar-refractivity contribution < 1.29 is 18.0 Å². The zero-order valence-corrected chi connectivity index (χ0v) is 16.6. The predicted octanol–water partition coefficient (Wildman–Crippen LogP) is 5.85. The lowest BCUT2D eigenvalue weighted by molar-refractivity contribution is -0.137. The molecule has 1 amide bonds. The summed E-state index contributed by atoms with van der Waals surface area (Å²) in [7, 11) is 0. The zero-order valence-electron chi connectivity index (χ0n) is 14.2. The van der Waals surface area contributed by atoms with Gasteiger partial charge in [-0.05, 0) is 30.3 Å². The molecule has 146 valence electrons. The molecule has 0 aliphatic heterocycles. The van der Waals surface area contributed by atoms with Crippen molar-refractivity contribution in [2.45, 2.75) is 30.2 Å². The van der Waals surface area contributed by atoms with Crippen LogP contribution < -0.4 is 16.6 Å². The van der Waals surface area contributed by atoms with Gasteiger partial charge in [0.25, 0.3) is 5.91 Å². The third-order valence-corrected chi connectivity index (χ3v) is 4.95. The molecule has 2 aromatic carbocycles. The van der Waals surface area contributed by atoms with Crippen LogP contribution in [0.1, 0.15) is 29.8 Å². The SMILES string of the molecule is CC(C)Sc1ccc(Cl)cc1NNC(=O)c1cc(C(F)(F)F)cc(Cl)c1N. The number of anilines is 2. The lowest BCUT2D eigenvalue weighted by atomic mass is 10.1. The van der Waals surface area contributed by atoms with Crippen LogP contribution in [-0.4, -0.2) is 11.2 Å². The van der Waals surface area contributed by atoms with Gasteiger partial charge in [-0.25, -0.2) is 0 Å². The Morgan fingerprint density at radius 2 is 1.85 bits per heavy atom. The minimum atomic E-state index is -4.66. The molecule has 0 aromatic heterocycles. The number of halogens is 5. The van der Waals surface area contributed by atoms with E-state index in [1.54, 1.807) is 18.2 Å². The quantitative estimate of drug-likeness (QED) is 0.311. The van der Waals surface area contributed by atoms with Crippen molar-refractivity contribution in [3.8, 4) is 0 Å². The maximum atomic E-state index is 12.9. The monoisotopic (exact) mass is 437 g/mol. The minimum absolute atomic E-state index is 0.244. The summed E-state index contributed by atoms with van der Waals surface area (Å²) < 4.78 is 38.8. The highest BCUT2D eigenvalue weighted by molar-refractivity contribution is 8.00. The Morgan fingerprint density at radius 3 is 2.44 bits per heavy atom. The van der Waals surface area contributed by atoms with Crippen LogP contribution in [0.3, 0.4) is 0 Å². The summed E-state index contributed by atoms with van der Waals surface area (Å²) in [6.45, 7) is 3.99. The molecule has 0 aliphatic carbocycles. The zero-order chi connectivity index (χ0) is 20.4. The molecule has 0 bridgehead atoms. The molecule has 0 atom stereocenters. The first kappa shape index (κ1) is 21.5. The van der Waals surface area contributed by atoms with E-state index in [4.69, 9.17) is 28.9 Å². The number of nitrogens with two attached hydrogens (primary N) is 1. The van der Waals surface area contributed by atoms with Gasteiger partial charge in [0.2, 0.25) is 0 Å². The molecule has 10 heteroatoms. The lowest BCUT2D eigenvalue weighted by Crippen LogP contribution is -2.30. The van der Waals surface area contributed by atoms with Crippen molar-refractivity contribution in [1.29, 1.82) is 0 Å². The Balaban J connectivity index is 2.27. The summed E-state index contributed by atoms with van der Waals surface area (Å²) in [6.07, 6.45) is -4.66. The molecule has 27 heavy (non-hydrogen) atoms. The normalized spacial score (nSPS) is 11.6. The van der Waals surface area contributed by atoms with Gasteiger partial charge in [0.1, 0.15) is 0 Å². The summed E-state index contributed by atoms with van der Waals surface area (Å²) in [4.78, 5) is 13.2. The number of thioether (sulfide) groups is 1. The molecular formula is C17H16Cl2F3N3OS. The topological polar surface area (TPSA) is 67.1 Å². The van der Waals surface area contributed by atoms with Crippen molar-refractivity contribution in [3.63, 3.8) is 0 Å². The van der Waals surface area contributed by atoms with Crippen molar-refractivity contribution >= 4 is 52.2 Å². The smallest absolute Gasteiger partial charge is 0.397 e. The van der Waals surface area contributed by atoms with Crippen molar-refractivity contribution in [1.82, 2.24) is 5.43 Å². The second kappa shape index (κ2) is 8.50. The first-order chi connectivity index (χ1) is 12.5. The number of rotatable bonds is 5. The van der Waals surface area contributed by atoms with E-state index in [0.29, 0.717) is 22.8 Å². The molecule has 0 spiro atoms. The van der Waals surface area contributed by atoms with E-state index < -0.39 is 17.6 Å². The van der Waals surface area contributed by atoms with E-state index in [-0.39, 0.29) is 21.5 Å². The van der Waals surface area contributed by atoms with Crippen LogP contribution >= 0.6 is 35.0 Å².